The first kappa shape index (κ1) is 10.8. The third-order valence-corrected chi connectivity index (χ3v) is 5.01. The molecule has 0 spiro atoms. The van der Waals surface area contributed by atoms with Gasteiger partial charge in [-0.2, -0.15) is 11.8 Å². The molecular weight excluding hydrogens is 192 g/mol. The van der Waals surface area contributed by atoms with Gasteiger partial charge in [-0.25, -0.2) is 0 Å². The molecule has 3 heteroatoms. The fourth-order valence-electron chi connectivity index (χ4n) is 2.59. The molecule has 1 N–H and O–H groups in total. The van der Waals surface area contributed by atoms with Gasteiger partial charge in [-0.05, 0) is 26.3 Å². The van der Waals surface area contributed by atoms with Crippen LogP contribution < -0.4 is 5.32 Å². The van der Waals surface area contributed by atoms with Crippen molar-refractivity contribution in [1.29, 1.82) is 0 Å². The molecule has 0 amide bonds. The first-order valence-corrected chi connectivity index (χ1v) is 6.92. The molecule has 2 heterocycles. The molecule has 14 heavy (non-hydrogen) atoms. The molecule has 0 aromatic carbocycles. The summed E-state index contributed by atoms with van der Waals surface area (Å²) in [6, 6.07) is 1.57. The minimum absolute atomic E-state index is 0.763. The number of rotatable bonds is 1. The second kappa shape index (κ2) is 4.86. The van der Waals surface area contributed by atoms with Crippen molar-refractivity contribution in [2.75, 3.05) is 25.4 Å². The molecule has 0 aliphatic carbocycles. The lowest BCUT2D eigenvalue weighted by atomic mass is 10.0. The van der Waals surface area contributed by atoms with E-state index in [-0.39, 0.29) is 0 Å². The van der Waals surface area contributed by atoms with E-state index >= 15 is 0 Å². The molecule has 2 saturated heterocycles. The molecule has 2 rings (SSSR count). The summed E-state index contributed by atoms with van der Waals surface area (Å²) in [6.45, 7) is 8.50. The SMILES string of the molecule is CC1SCCN(C2CCCNC2)C1C. The average molecular weight is 214 g/mol. The Balaban J connectivity index is 1.93. The van der Waals surface area contributed by atoms with Crippen LogP contribution in [0.15, 0.2) is 0 Å². The highest BCUT2D eigenvalue weighted by Gasteiger charge is 2.30. The minimum atomic E-state index is 0.763. The second-order valence-electron chi connectivity index (χ2n) is 4.55. The van der Waals surface area contributed by atoms with Crippen LogP contribution in [0.3, 0.4) is 0 Å². The Morgan fingerprint density at radius 3 is 2.93 bits per heavy atom. The summed E-state index contributed by atoms with van der Waals surface area (Å²) in [4.78, 5) is 2.73. The molecule has 82 valence electrons. The van der Waals surface area contributed by atoms with Gasteiger partial charge in [0.1, 0.15) is 0 Å². The summed E-state index contributed by atoms with van der Waals surface area (Å²) >= 11 is 2.13. The Kier molecular flexibility index (Phi) is 3.74. The summed E-state index contributed by atoms with van der Waals surface area (Å²) in [5, 5.41) is 4.33. The number of nitrogens with one attached hydrogen (secondary N) is 1. The Hall–Kier alpha value is 0.270. The van der Waals surface area contributed by atoms with Crippen molar-refractivity contribution in [2.45, 2.75) is 44.0 Å². The van der Waals surface area contributed by atoms with Gasteiger partial charge in [0.05, 0.1) is 0 Å². The molecule has 0 radical (unpaired) electrons. The number of thioether (sulfide) groups is 1. The van der Waals surface area contributed by atoms with Gasteiger partial charge in [-0.1, -0.05) is 6.92 Å². The Morgan fingerprint density at radius 2 is 2.21 bits per heavy atom. The topological polar surface area (TPSA) is 15.3 Å². The van der Waals surface area contributed by atoms with Crippen LogP contribution in [0.1, 0.15) is 26.7 Å². The van der Waals surface area contributed by atoms with Crippen molar-refractivity contribution >= 4 is 11.8 Å². The Morgan fingerprint density at radius 1 is 1.36 bits per heavy atom. The molecule has 3 unspecified atom stereocenters. The third-order valence-electron chi connectivity index (χ3n) is 3.67. The molecule has 2 aliphatic rings. The van der Waals surface area contributed by atoms with Crippen molar-refractivity contribution < 1.29 is 0 Å². The molecule has 0 saturated carbocycles. The van der Waals surface area contributed by atoms with E-state index in [2.05, 4.69) is 35.8 Å². The monoisotopic (exact) mass is 214 g/mol. The summed E-state index contributed by atoms with van der Waals surface area (Å²) in [7, 11) is 0. The van der Waals surface area contributed by atoms with Crippen molar-refractivity contribution in [3.63, 3.8) is 0 Å². The van der Waals surface area contributed by atoms with Crippen molar-refractivity contribution in [3.8, 4) is 0 Å². The van der Waals surface area contributed by atoms with E-state index in [0.717, 1.165) is 17.3 Å². The zero-order valence-corrected chi connectivity index (χ0v) is 10.1. The van der Waals surface area contributed by atoms with Gasteiger partial charge in [-0.15, -0.1) is 0 Å². The molecule has 0 aromatic heterocycles. The number of piperidine rings is 1. The Labute approximate surface area is 91.8 Å². The fourth-order valence-corrected chi connectivity index (χ4v) is 3.71. The summed E-state index contributed by atoms with van der Waals surface area (Å²) in [6.07, 6.45) is 2.75. The molecule has 2 aliphatic heterocycles. The molecule has 0 aromatic rings. The quantitative estimate of drug-likeness (QED) is 0.713. The van der Waals surface area contributed by atoms with E-state index in [4.69, 9.17) is 0 Å². The molecule has 2 fully saturated rings. The molecular formula is C11H22N2S. The lowest BCUT2D eigenvalue weighted by molar-refractivity contribution is 0.124. The maximum atomic E-state index is 3.52. The zero-order chi connectivity index (χ0) is 9.97. The fraction of sp³-hybridized carbons (Fsp3) is 1.00. The minimum Gasteiger partial charge on any atom is -0.315 e. The van der Waals surface area contributed by atoms with E-state index in [9.17, 15) is 0 Å². The van der Waals surface area contributed by atoms with E-state index < -0.39 is 0 Å². The summed E-state index contributed by atoms with van der Waals surface area (Å²) < 4.78 is 0. The van der Waals surface area contributed by atoms with Crippen LogP contribution in [0.25, 0.3) is 0 Å². The van der Waals surface area contributed by atoms with Crippen LogP contribution in [-0.4, -0.2) is 47.6 Å². The third kappa shape index (κ3) is 2.26. The van der Waals surface area contributed by atoms with Crippen molar-refractivity contribution in [2.24, 2.45) is 0 Å². The highest BCUT2D eigenvalue weighted by Crippen LogP contribution is 2.27. The van der Waals surface area contributed by atoms with Gasteiger partial charge in [-0.3, -0.25) is 4.90 Å². The highest BCUT2D eigenvalue weighted by atomic mass is 32.2. The van der Waals surface area contributed by atoms with Gasteiger partial charge >= 0.3 is 0 Å². The van der Waals surface area contributed by atoms with Crippen LogP contribution in [0.5, 0.6) is 0 Å². The van der Waals surface area contributed by atoms with Crippen LogP contribution in [0.4, 0.5) is 0 Å². The summed E-state index contributed by atoms with van der Waals surface area (Å²) in [5.41, 5.74) is 0. The molecule has 0 bridgehead atoms. The van der Waals surface area contributed by atoms with Gasteiger partial charge in [0.15, 0.2) is 0 Å². The van der Waals surface area contributed by atoms with E-state index in [1.54, 1.807) is 0 Å². The largest absolute Gasteiger partial charge is 0.315 e. The maximum Gasteiger partial charge on any atom is 0.0224 e. The number of hydrogen-bond donors (Lipinski definition) is 1. The first-order valence-electron chi connectivity index (χ1n) is 5.87. The standard InChI is InChI=1S/C11H22N2S/c1-9-10(2)14-7-6-13(9)11-4-3-5-12-8-11/h9-12H,3-8H2,1-2H3. The van der Waals surface area contributed by atoms with E-state index in [1.165, 1.54) is 38.2 Å². The molecule has 2 nitrogen and oxygen atoms in total. The average Bonchev–Trinajstić information content (AvgIpc) is 2.23. The first-order chi connectivity index (χ1) is 6.79. The molecule has 3 atom stereocenters. The summed E-state index contributed by atoms with van der Waals surface area (Å²) in [5.74, 6) is 1.32. The van der Waals surface area contributed by atoms with Crippen LogP contribution in [0, 0.1) is 0 Å². The van der Waals surface area contributed by atoms with Gasteiger partial charge < -0.3 is 5.32 Å². The lowest BCUT2D eigenvalue weighted by Gasteiger charge is -2.44. The van der Waals surface area contributed by atoms with Crippen molar-refractivity contribution in [1.82, 2.24) is 10.2 Å². The van der Waals surface area contributed by atoms with E-state index in [0.29, 0.717) is 0 Å². The van der Waals surface area contributed by atoms with E-state index in [1.807, 2.05) is 0 Å². The normalized spacial score (nSPS) is 41.1. The van der Waals surface area contributed by atoms with Gasteiger partial charge in [0, 0.05) is 36.2 Å². The van der Waals surface area contributed by atoms with Gasteiger partial charge in [0.2, 0.25) is 0 Å². The van der Waals surface area contributed by atoms with Crippen LogP contribution in [0.2, 0.25) is 0 Å². The maximum absolute atomic E-state index is 3.52. The second-order valence-corrected chi connectivity index (χ2v) is 6.04. The number of nitrogens with zero attached hydrogens (tertiary/aromatic N) is 1. The van der Waals surface area contributed by atoms with Crippen LogP contribution >= 0.6 is 11.8 Å². The number of hydrogen-bond acceptors (Lipinski definition) is 3. The predicted octanol–water partition coefficient (Wildman–Crippen LogP) is 1.56. The Bertz CT molecular complexity index is 180. The van der Waals surface area contributed by atoms with Crippen molar-refractivity contribution in [3.05, 3.63) is 0 Å². The smallest absolute Gasteiger partial charge is 0.0224 e. The van der Waals surface area contributed by atoms with Gasteiger partial charge in [0.25, 0.3) is 0 Å². The predicted molar refractivity (Wildman–Crippen MR) is 64.0 cm³/mol. The highest BCUT2D eigenvalue weighted by molar-refractivity contribution is 8.00. The van der Waals surface area contributed by atoms with Crippen LogP contribution in [-0.2, 0) is 0 Å². The zero-order valence-electron chi connectivity index (χ0n) is 9.33. The lowest BCUT2D eigenvalue weighted by Crippen LogP contribution is -2.54.